The Morgan fingerprint density at radius 2 is 1.89 bits per heavy atom. The van der Waals surface area contributed by atoms with Gasteiger partial charge in [0.15, 0.2) is 0 Å². The number of hydrogen-bond donors (Lipinski definition) is 0. The molecule has 0 aliphatic rings. The van der Waals surface area contributed by atoms with Crippen LogP contribution in [0.5, 0.6) is 0 Å². The van der Waals surface area contributed by atoms with Crippen LogP contribution >= 0.6 is 23.2 Å². The number of nitro groups is 1. The summed E-state index contributed by atoms with van der Waals surface area (Å²) in [7, 11) is 0. The van der Waals surface area contributed by atoms with E-state index in [2.05, 4.69) is 0 Å². The van der Waals surface area contributed by atoms with E-state index in [0.717, 1.165) is 0 Å². The van der Waals surface area contributed by atoms with Gasteiger partial charge >= 0.3 is 0 Å². The van der Waals surface area contributed by atoms with E-state index in [4.69, 9.17) is 23.2 Å². The van der Waals surface area contributed by atoms with Crippen LogP contribution in [0, 0.1) is 17.0 Å². The lowest BCUT2D eigenvalue weighted by molar-refractivity contribution is -0.385. The molecule has 92 valence electrons. The van der Waals surface area contributed by atoms with E-state index in [-0.39, 0.29) is 5.69 Å². The normalized spacial score (nSPS) is 10.4. The van der Waals surface area contributed by atoms with Crippen molar-refractivity contribution in [1.29, 1.82) is 0 Å². The second kappa shape index (κ2) is 4.96. The largest absolute Gasteiger partial charge is 0.272 e. The lowest BCUT2D eigenvalue weighted by Gasteiger charge is -2.06. The number of rotatable bonds is 2. The summed E-state index contributed by atoms with van der Waals surface area (Å²) in [6.45, 7) is 1.70. The highest BCUT2D eigenvalue weighted by Crippen LogP contribution is 2.35. The highest BCUT2D eigenvalue weighted by atomic mass is 35.5. The predicted octanol–water partition coefficient (Wildman–Crippen LogP) is 4.88. The monoisotopic (exact) mass is 281 g/mol. The van der Waals surface area contributed by atoms with Crippen LogP contribution in [0.25, 0.3) is 11.1 Å². The van der Waals surface area contributed by atoms with Crippen molar-refractivity contribution in [3.05, 3.63) is 62.1 Å². The molecule has 0 spiro atoms. The van der Waals surface area contributed by atoms with Crippen molar-refractivity contribution in [2.24, 2.45) is 0 Å². The summed E-state index contributed by atoms with van der Waals surface area (Å²) in [5, 5.41) is 11.7. The number of benzene rings is 2. The van der Waals surface area contributed by atoms with Gasteiger partial charge in [-0.2, -0.15) is 0 Å². The van der Waals surface area contributed by atoms with Gasteiger partial charge in [0.05, 0.1) is 15.0 Å². The van der Waals surface area contributed by atoms with Gasteiger partial charge in [0.1, 0.15) is 0 Å². The minimum Gasteiger partial charge on any atom is -0.258 e. The molecule has 0 radical (unpaired) electrons. The van der Waals surface area contributed by atoms with E-state index < -0.39 is 4.92 Å². The molecular weight excluding hydrogens is 273 g/mol. The molecule has 5 heteroatoms. The molecule has 0 aliphatic heterocycles. The van der Waals surface area contributed by atoms with Crippen LogP contribution in [0.4, 0.5) is 5.69 Å². The van der Waals surface area contributed by atoms with Crippen molar-refractivity contribution in [3.63, 3.8) is 0 Å². The molecule has 0 unspecified atom stereocenters. The van der Waals surface area contributed by atoms with Crippen LogP contribution in [0.2, 0.25) is 10.0 Å². The van der Waals surface area contributed by atoms with Gasteiger partial charge in [-0.15, -0.1) is 0 Å². The first kappa shape index (κ1) is 12.9. The van der Waals surface area contributed by atoms with Crippen molar-refractivity contribution < 1.29 is 4.92 Å². The van der Waals surface area contributed by atoms with Crippen molar-refractivity contribution in [2.45, 2.75) is 6.92 Å². The summed E-state index contributed by atoms with van der Waals surface area (Å²) in [6, 6.07) is 10.2. The number of aryl methyl sites for hydroxylation is 1. The van der Waals surface area contributed by atoms with Crippen molar-refractivity contribution >= 4 is 28.9 Å². The molecule has 2 aromatic carbocycles. The molecular formula is C13H9Cl2NO2. The van der Waals surface area contributed by atoms with Crippen molar-refractivity contribution in [2.75, 3.05) is 0 Å². The minimum atomic E-state index is -0.405. The average Bonchev–Trinajstić information content (AvgIpc) is 2.33. The molecule has 18 heavy (non-hydrogen) atoms. The highest BCUT2D eigenvalue weighted by molar-refractivity contribution is 6.43. The lowest BCUT2D eigenvalue weighted by atomic mass is 10.0. The lowest BCUT2D eigenvalue weighted by Crippen LogP contribution is -1.92. The van der Waals surface area contributed by atoms with E-state index in [9.17, 15) is 10.1 Å². The summed E-state index contributed by atoms with van der Waals surface area (Å²) in [4.78, 5) is 10.5. The molecule has 0 aromatic heterocycles. The maximum Gasteiger partial charge on any atom is 0.272 e. The molecule has 0 saturated carbocycles. The quantitative estimate of drug-likeness (QED) is 0.582. The second-order valence-electron chi connectivity index (χ2n) is 3.86. The molecule has 0 saturated heterocycles. The first-order chi connectivity index (χ1) is 8.50. The van der Waals surface area contributed by atoms with Crippen LogP contribution in [0.1, 0.15) is 5.56 Å². The smallest absolute Gasteiger partial charge is 0.258 e. The molecule has 0 amide bonds. The zero-order valence-electron chi connectivity index (χ0n) is 9.48. The molecule has 0 bridgehead atoms. The number of halogens is 2. The number of hydrogen-bond acceptors (Lipinski definition) is 2. The third-order valence-electron chi connectivity index (χ3n) is 2.67. The third kappa shape index (κ3) is 2.33. The van der Waals surface area contributed by atoms with Crippen LogP contribution in [0.15, 0.2) is 36.4 Å². The number of nitrogens with zero attached hydrogens (tertiary/aromatic N) is 1. The van der Waals surface area contributed by atoms with E-state index in [1.165, 1.54) is 6.07 Å². The Kier molecular flexibility index (Phi) is 3.55. The molecule has 2 aromatic rings. The van der Waals surface area contributed by atoms with E-state index in [0.29, 0.717) is 26.7 Å². The molecule has 0 heterocycles. The summed E-state index contributed by atoms with van der Waals surface area (Å²) in [6.07, 6.45) is 0. The Hall–Kier alpha value is -1.58. The van der Waals surface area contributed by atoms with E-state index in [1.807, 2.05) is 0 Å². The molecule has 3 nitrogen and oxygen atoms in total. The summed E-state index contributed by atoms with van der Waals surface area (Å²) in [5.74, 6) is 0. The van der Waals surface area contributed by atoms with E-state index in [1.54, 1.807) is 37.3 Å². The Morgan fingerprint density at radius 1 is 1.17 bits per heavy atom. The Bertz CT molecular complexity index is 626. The molecule has 0 aliphatic carbocycles. The summed E-state index contributed by atoms with van der Waals surface area (Å²) >= 11 is 12.0. The fourth-order valence-electron chi connectivity index (χ4n) is 1.70. The standard InChI is InChI=1S/C13H9Cl2NO2/c1-8-5-6-9(7-12(8)16(17)18)10-3-2-4-11(14)13(10)15/h2-7H,1H3. The van der Waals surface area contributed by atoms with Crippen molar-refractivity contribution in [1.82, 2.24) is 0 Å². The first-order valence-electron chi connectivity index (χ1n) is 5.20. The van der Waals surface area contributed by atoms with Crippen LogP contribution in [0.3, 0.4) is 0 Å². The summed E-state index contributed by atoms with van der Waals surface area (Å²) in [5.41, 5.74) is 2.05. The van der Waals surface area contributed by atoms with Gasteiger partial charge in [0, 0.05) is 17.2 Å². The third-order valence-corrected chi connectivity index (χ3v) is 3.49. The molecule has 0 N–H and O–H groups in total. The maximum atomic E-state index is 10.9. The molecule has 0 fully saturated rings. The zero-order chi connectivity index (χ0) is 13.3. The molecule has 2 rings (SSSR count). The Labute approximate surface area is 114 Å². The fraction of sp³-hybridized carbons (Fsp3) is 0.0769. The highest BCUT2D eigenvalue weighted by Gasteiger charge is 2.14. The average molecular weight is 282 g/mol. The summed E-state index contributed by atoms with van der Waals surface area (Å²) < 4.78 is 0. The van der Waals surface area contributed by atoms with Crippen LogP contribution < -0.4 is 0 Å². The minimum absolute atomic E-state index is 0.0727. The van der Waals surface area contributed by atoms with Gasteiger partial charge in [-0.25, -0.2) is 0 Å². The van der Waals surface area contributed by atoms with Crippen molar-refractivity contribution in [3.8, 4) is 11.1 Å². The topological polar surface area (TPSA) is 43.1 Å². The van der Waals surface area contributed by atoms with E-state index >= 15 is 0 Å². The van der Waals surface area contributed by atoms with Crippen LogP contribution in [-0.4, -0.2) is 4.92 Å². The van der Waals surface area contributed by atoms with Crippen LogP contribution in [-0.2, 0) is 0 Å². The first-order valence-corrected chi connectivity index (χ1v) is 5.95. The zero-order valence-corrected chi connectivity index (χ0v) is 11.0. The second-order valence-corrected chi connectivity index (χ2v) is 4.64. The number of nitro benzene ring substituents is 1. The van der Waals surface area contributed by atoms with Gasteiger partial charge in [-0.3, -0.25) is 10.1 Å². The van der Waals surface area contributed by atoms with Gasteiger partial charge in [0.25, 0.3) is 5.69 Å². The Morgan fingerprint density at radius 3 is 2.56 bits per heavy atom. The SMILES string of the molecule is Cc1ccc(-c2cccc(Cl)c2Cl)cc1[N+](=O)[O-]. The fourth-order valence-corrected chi connectivity index (χ4v) is 2.11. The van der Waals surface area contributed by atoms with Gasteiger partial charge in [-0.05, 0) is 18.6 Å². The van der Waals surface area contributed by atoms with Gasteiger partial charge in [-0.1, -0.05) is 47.5 Å². The maximum absolute atomic E-state index is 10.9. The molecule has 0 atom stereocenters. The Balaban J connectivity index is 2.62. The van der Waals surface area contributed by atoms with Gasteiger partial charge in [0.2, 0.25) is 0 Å². The van der Waals surface area contributed by atoms with Gasteiger partial charge < -0.3 is 0 Å². The predicted molar refractivity (Wildman–Crippen MR) is 73.3 cm³/mol.